The summed E-state index contributed by atoms with van der Waals surface area (Å²) in [4.78, 5) is 3.03. The summed E-state index contributed by atoms with van der Waals surface area (Å²) in [6.07, 6.45) is 1.92. The molecular formula is C18H18N2O2S. The lowest BCUT2D eigenvalue weighted by Crippen LogP contribution is -2.36. The second-order valence-corrected chi connectivity index (χ2v) is 7.68. The monoisotopic (exact) mass is 326 g/mol. The molecule has 5 heteroatoms. The van der Waals surface area contributed by atoms with Crippen molar-refractivity contribution in [3.8, 4) is 0 Å². The van der Waals surface area contributed by atoms with Gasteiger partial charge in [-0.15, -0.1) is 0 Å². The van der Waals surface area contributed by atoms with E-state index in [0.717, 1.165) is 48.1 Å². The smallest absolute Gasteiger partial charge is 0.102 e. The van der Waals surface area contributed by atoms with Crippen molar-refractivity contribution in [2.24, 2.45) is 4.36 Å². The van der Waals surface area contributed by atoms with E-state index in [4.69, 9.17) is 4.74 Å². The molecule has 0 saturated carbocycles. The third-order valence-electron chi connectivity index (χ3n) is 4.14. The Labute approximate surface area is 136 Å². The Morgan fingerprint density at radius 2 is 1.83 bits per heavy atom. The molecule has 1 atom stereocenters. The molecule has 2 aromatic rings. The normalized spacial score (nSPS) is 23.2. The molecule has 0 radical (unpaired) electrons. The first-order valence-electron chi connectivity index (χ1n) is 7.72. The predicted molar refractivity (Wildman–Crippen MR) is 93.4 cm³/mol. The van der Waals surface area contributed by atoms with Crippen LogP contribution < -0.4 is 4.90 Å². The highest BCUT2D eigenvalue weighted by molar-refractivity contribution is 7.96. The Hall–Kier alpha value is -2.11. The first-order chi connectivity index (χ1) is 11.2. The Balaban J connectivity index is 1.76. The molecule has 2 heterocycles. The van der Waals surface area contributed by atoms with E-state index < -0.39 is 9.73 Å². The number of morpholine rings is 1. The van der Waals surface area contributed by atoms with Gasteiger partial charge in [-0.3, -0.25) is 0 Å². The summed E-state index contributed by atoms with van der Waals surface area (Å²) in [5, 5.41) is 1.72. The van der Waals surface area contributed by atoms with Gasteiger partial charge < -0.3 is 9.64 Å². The standard InChI is InChI=1S/C18H18N2O2S/c21-23(17-4-2-1-3-5-17)13-8-15-6-7-16(14-18(15)19-23)20-9-11-22-12-10-20/h1-8,13-14H,9-12H2/t23-/m1/s1. The second-order valence-electron chi connectivity index (χ2n) is 5.62. The van der Waals surface area contributed by atoms with E-state index in [9.17, 15) is 4.21 Å². The van der Waals surface area contributed by atoms with Crippen LogP contribution in [0.1, 0.15) is 5.56 Å². The molecule has 0 aliphatic carbocycles. The van der Waals surface area contributed by atoms with Crippen LogP contribution in [0.4, 0.5) is 11.4 Å². The Morgan fingerprint density at radius 1 is 1.04 bits per heavy atom. The molecule has 2 aromatic carbocycles. The van der Waals surface area contributed by atoms with E-state index in [2.05, 4.69) is 15.3 Å². The van der Waals surface area contributed by atoms with Crippen LogP contribution in [-0.2, 0) is 14.5 Å². The fourth-order valence-electron chi connectivity index (χ4n) is 2.86. The zero-order chi connectivity index (χ0) is 15.7. The van der Waals surface area contributed by atoms with Gasteiger partial charge in [0.05, 0.1) is 23.8 Å². The Morgan fingerprint density at radius 3 is 2.61 bits per heavy atom. The van der Waals surface area contributed by atoms with E-state index in [1.807, 2.05) is 48.5 Å². The summed E-state index contributed by atoms with van der Waals surface area (Å²) < 4.78 is 23.2. The summed E-state index contributed by atoms with van der Waals surface area (Å²) in [6, 6.07) is 15.6. The quantitative estimate of drug-likeness (QED) is 0.845. The summed E-state index contributed by atoms with van der Waals surface area (Å²) in [5.41, 5.74) is 2.92. The Kier molecular flexibility index (Phi) is 3.67. The van der Waals surface area contributed by atoms with Crippen molar-refractivity contribution >= 4 is 27.2 Å². The number of fused-ring (bicyclic) bond motifs is 1. The number of nitrogens with zero attached hydrogens (tertiary/aromatic N) is 2. The number of benzene rings is 2. The molecule has 2 aliphatic rings. The molecular weight excluding hydrogens is 308 g/mol. The third kappa shape index (κ3) is 2.78. The maximum Gasteiger partial charge on any atom is 0.102 e. The maximum atomic E-state index is 13.2. The van der Waals surface area contributed by atoms with Crippen LogP contribution in [0, 0.1) is 0 Å². The van der Waals surface area contributed by atoms with Crippen LogP contribution in [0.25, 0.3) is 6.08 Å². The zero-order valence-electron chi connectivity index (χ0n) is 12.7. The van der Waals surface area contributed by atoms with E-state index in [0.29, 0.717) is 0 Å². The molecule has 1 fully saturated rings. The van der Waals surface area contributed by atoms with Crippen molar-refractivity contribution in [3.63, 3.8) is 0 Å². The van der Waals surface area contributed by atoms with Gasteiger partial charge in [-0.2, -0.15) is 4.36 Å². The van der Waals surface area contributed by atoms with Gasteiger partial charge in [0.15, 0.2) is 0 Å². The molecule has 0 unspecified atom stereocenters. The van der Waals surface area contributed by atoms with Gasteiger partial charge in [0.2, 0.25) is 0 Å². The maximum absolute atomic E-state index is 13.2. The van der Waals surface area contributed by atoms with Gasteiger partial charge in [0.25, 0.3) is 0 Å². The minimum absolute atomic E-state index is 0.745. The first kappa shape index (κ1) is 14.5. The molecule has 0 bridgehead atoms. The third-order valence-corrected chi connectivity index (χ3v) is 6.06. The van der Waals surface area contributed by atoms with Crippen LogP contribution in [0.15, 0.2) is 63.2 Å². The van der Waals surface area contributed by atoms with Crippen molar-refractivity contribution in [2.75, 3.05) is 31.2 Å². The Bertz CT molecular complexity index is 862. The molecule has 1 saturated heterocycles. The fourth-order valence-corrected chi connectivity index (χ4v) is 4.51. The molecule has 118 valence electrons. The van der Waals surface area contributed by atoms with Gasteiger partial charge in [-0.1, -0.05) is 24.3 Å². The summed E-state index contributed by atoms with van der Waals surface area (Å²) in [5.74, 6) is 0. The van der Waals surface area contributed by atoms with E-state index in [-0.39, 0.29) is 0 Å². The predicted octanol–water partition coefficient (Wildman–Crippen LogP) is 3.67. The second kappa shape index (κ2) is 5.83. The number of anilines is 1. The van der Waals surface area contributed by atoms with Crippen molar-refractivity contribution in [1.82, 2.24) is 0 Å². The van der Waals surface area contributed by atoms with E-state index in [1.54, 1.807) is 5.41 Å². The first-order valence-corrected chi connectivity index (χ1v) is 9.29. The van der Waals surface area contributed by atoms with Gasteiger partial charge >= 0.3 is 0 Å². The van der Waals surface area contributed by atoms with Crippen LogP contribution >= 0.6 is 0 Å². The molecule has 2 aliphatic heterocycles. The van der Waals surface area contributed by atoms with Crippen LogP contribution in [-0.4, -0.2) is 30.5 Å². The summed E-state index contributed by atoms with van der Waals surface area (Å²) in [7, 11) is -2.53. The molecule has 0 spiro atoms. The lowest BCUT2D eigenvalue weighted by Gasteiger charge is -2.29. The van der Waals surface area contributed by atoms with Crippen molar-refractivity contribution < 1.29 is 8.95 Å². The molecule has 4 rings (SSSR count). The van der Waals surface area contributed by atoms with Gasteiger partial charge in [0.1, 0.15) is 9.73 Å². The lowest BCUT2D eigenvalue weighted by molar-refractivity contribution is 0.122. The SMILES string of the molecule is O=[S@]1(c2ccccc2)=Nc2cc(N3CCOCC3)ccc2C=C1. The number of hydrogen-bond acceptors (Lipinski definition) is 4. The molecule has 23 heavy (non-hydrogen) atoms. The summed E-state index contributed by atoms with van der Waals surface area (Å²) >= 11 is 0. The summed E-state index contributed by atoms with van der Waals surface area (Å²) in [6.45, 7) is 3.25. The highest BCUT2D eigenvalue weighted by atomic mass is 32.2. The molecule has 0 aromatic heterocycles. The highest BCUT2D eigenvalue weighted by Gasteiger charge is 2.17. The van der Waals surface area contributed by atoms with E-state index >= 15 is 0 Å². The zero-order valence-corrected chi connectivity index (χ0v) is 13.5. The minimum Gasteiger partial charge on any atom is -0.378 e. The minimum atomic E-state index is -2.53. The molecule has 0 amide bonds. The number of hydrogen-bond donors (Lipinski definition) is 0. The largest absolute Gasteiger partial charge is 0.378 e. The van der Waals surface area contributed by atoms with Gasteiger partial charge in [0, 0.05) is 29.7 Å². The lowest BCUT2D eigenvalue weighted by atomic mass is 10.1. The highest BCUT2D eigenvalue weighted by Crippen LogP contribution is 2.34. The topological polar surface area (TPSA) is 41.9 Å². The molecule has 4 nitrogen and oxygen atoms in total. The van der Waals surface area contributed by atoms with Gasteiger partial charge in [-0.25, -0.2) is 4.21 Å². The van der Waals surface area contributed by atoms with Gasteiger partial charge in [-0.05, 0) is 30.3 Å². The van der Waals surface area contributed by atoms with Crippen LogP contribution in [0.5, 0.6) is 0 Å². The van der Waals surface area contributed by atoms with Crippen molar-refractivity contribution in [1.29, 1.82) is 0 Å². The average Bonchev–Trinajstić information content (AvgIpc) is 2.62. The number of ether oxygens (including phenoxy) is 1. The average molecular weight is 326 g/mol. The number of rotatable bonds is 2. The van der Waals surface area contributed by atoms with Crippen LogP contribution in [0.3, 0.4) is 0 Å². The van der Waals surface area contributed by atoms with Crippen molar-refractivity contribution in [2.45, 2.75) is 4.90 Å². The molecule has 0 N–H and O–H groups in total. The fraction of sp³-hybridized carbons (Fsp3) is 0.222. The van der Waals surface area contributed by atoms with Crippen molar-refractivity contribution in [3.05, 3.63) is 59.5 Å². The van der Waals surface area contributed by atoms with Crippen LogP contribution in [0.2, 0.25) is 0 Å². The van der Waals surface area contributed by atoms with E-state index in [1.165, 1.54) is 0 Å².